The molecule has 1 saturated carbocycles. The van der Waals surface area contributed by atoms with Crippen LogP contribution in [0.2, 0.25) is 5.02 Å². The quantitative estimate of drug-likeness (QED) is 0.917. The first-order chi connectivity index (χ1) is 10.3. The summed E-state index contributed by atoms with van der Waals surface area (Å²) in [7, 11) is 0. The van der Waals surface area contributed by atoms with Crippen LogP contribution in [0.1, 0.15) is 49.4 Å². The zero-order chi connectivity index (χ0) is 14.7. The van der Waals surface area contributed by atoms with Crippen LogP contribution in [0.25, 0.3) is 0 Å². The summed E-state index contributed by atoms with van der Waals surface area (Å²) in [5, 5.41) is 8.38. The lowest BCUT2D eigenvalue weighted by atomic mass is 10.0. The molecular weight excluding hydrogens is 286 g/mol. The Labute approximate surface area is 129 Å². The van der Waals surface area contributed by atoms with Gasteiger partial charge in [0.15, 0.2) is 5.82 Å². The van der Waals surface area contributed by atoms with Gasteiger partial charge >= 0.3 is 0 Å². The Morgan fingerprint density at radius 3 is 2.86 bits per heavy atom. The number of likely N-dealkylation sites (N-methyl/N-ethyl adjacent to an activating group) is 1. The summed E-state index contributed by atoms with van der Waals surface area (Å²) in [5.41, 5.74) is 1.14. The van der Waals surface area contributed by atoms with Crippen LogP contribution in [0.15, 0.2) is 28.8 Å². The molecule has 0 amide bonds. The van der Waals surface area contributed by atoms with Gasteiger partial charge in [-0.05, 0) is 37.1 Å². The van der Waals surface area contributed by atoms with E-state index in [0.29, 0.717) is 18.4 Å². The van der Waals surface area contributed by atoms with E-state index in [1.54, 1.807) is 0 Å². The van der Waals surface area contributed by atoms with Crippen LogP contribution in [-0.2, 0) is 6.42 Å². The molecule has 5 heteroatoms. The second-order valence-electron chi connectivity index (χ2n) is 5.55. The fraction of sp³-hybridized carbons (Fsp3) is 0.500. The van der Waals surface area contributed by atoms with Gasteiger partial charge in [-0.2, -0.15) is 4.98 Å². The highest BCUT2D eigenvalue weighted by atomic mass is 35.5. The highest BCUT2D eigenvalue weighted by molar-refractivity contribution is 6.30. The van der Waals surface area contributed by atoms with Crippen LogP contribution in [0, 0.1) is 0 Å². The molecule has 21 heavy (non-hydrogen) atoms. The highest BCUT2D eigenvalue weighted by Gasteiger charge is 2.32. The van der Waals surface area contributed by atoms with Crippen LogP contribution >= 0.6 is 11.6 Å². The minimum Gasteiger partial charge on any atom is -0.339 e. The highest BCUT2D eigenvalue weighted by Crippen LogP contribution is 2.33. The van der Waals surface area contributed by atoms with E-state index in [-0.39, 0.29) is 0 Å². The number of aromatic nitrogens is 2. The van der Waals surface area contributed by atoms with Gasteiger partial charge in [0, 0.05) is 17.5 Å². The number of halogens is 1. The molecule has 0 aliphatic heterocycles. The average Bonchev–Trinajstić information content (AvgIpc) is 3.11. The number of benzene rings is 1. The van der Waals surface area contributed by atoms with Crippen molar-refractivity contribution in [2.75, 3.05) is 6.54 Å². The Balaban J connectivity index is 1.69. The molecule has 1 heterocycles. The number of nitrogens with zero attached hydrogens (tertiary/aromatic N) is 2. The zero-order valence-corrected chi connectivity index (χ0v) is 12.9. The first-order valence-corrected chi connectivity index (χ1v) is 7.94. The van der Waals surface area contributed by atoms with Gasteiger partial charge in [-0.25, -0.2) is 0 Å². The summed E-state index contributed by atoms with van der Waals surface area (Å²) >= 11 is 5.89. The third-order valence-corrected chi connectivity index (χ3v) is 4.31. The van der Waals surface area contributed by atoms with Crippen LogP contribution < -0.4 is 5.32 Å². The van der Waals surface area contributed by atoms with E-state index in [2.05, 4.69) is 22.4 Å². The predicted molar refractivity (Wildman–Crippen MR) is 82.6 cm³/mol. The maximum absolute atomic E-state index is 5.89. The van der Waals surface area contributed by atoms with Gasteiger partial charge in [-0.3, -0.25) is 0 Å². The Kier molecular flexibility index (Phi) is 4.56. The molecular formula is C16H20ClN3O. The molecule has 2 aromatic rings. The van der Waals surface area contributed by atoms with Crippen molar-refractivity contribution in [2.45, 2.75) is 44.6 Å². The van der Waals surface area contributed by atoms with Crippen molar-refractivity contribution in [3.05, 3.63) is 46.6 Å². The van der Waals surface area contributed by atoms with Crippen molar-refractivity contribution in [1.82, 2.24) is 15.5 Å². The van der Waals surface area contributed by atoms with Crippen LogP contribution in [0.3, 0.4) is 0 Å². The van der Waals surface area contributed by atoms with E-state index in [1.807, 2.05) is 24.3 Å². The Bertz CT molecular complexity index is 581. The van der Waals surface area contributed by atoms with Gasteiger partial charge in [0.2, 0.25) is 5.89 Å². The molecule has 1 aromatic carbocycles. The lowest BCUT2D eigenvalue weighted by Crippen LogP contribution is -2.31. The standard InChI is InChI=1S/C16H20ClN3O/c1-2-18-14-5-3-4-13(14)16-19-15(20-21-16)10-11-6-8-12(17)9-7-11/h6-9,13-14,18H,2-5,10H2,1H3. The minimum atomic E-state index is 0.358. The van der Waals surface area contributed by atoms with Crippen molar-refractivity contribution in [2.24, 2.45) is 0 Å². The molecule has 0 spiro atoms. The summed E-state index contributed by atoms with van der Waals surface area (Å²) in [6, 6.07) is 8.23. The van der Waals surface area contributed by atoms with E-state index < -0.39 is 0 Å². The molecule has 4 nitrogen and oxygen atoms in total. The van der Waals surface area contributed by atoms with Gasteiger partial charge < -0.3 is 9.84 Å². The molecule has 2 unspecified atom stereocenters. The lowest BCUT2D eigenvalue weighted by Gasteiger charge is -2.16. The van der Waals surface area contributed by atoms with E-state index in [4.69, 9.17) is 16.1 Å². The first-order valence-electron chi connectivity index (χ1n) is 7.56. The van der Waals surface area contributed by atoms with E-state index in [0.717, 1.165) is 35.3 Å². The van der Waals surface area contributed by atoms with Crippen molar-refractivity contribution in [1.29, 1.82) is 0 Å². The van der Waals surface area contributed by atoms with E-state index in [9.17, 15) is 0 Å². The molecule has 3 rings (SSSR count). The van der Waals surface area contributed by atoms with Gasteiger partial charge in [-0.1, -0.05) is 42.2 Å². The number of hydrogen-bond donors (Lipinski definition) is 1. The first kappa shape index (κ1) is 14.5. The fourth-order valence-corrected chi connectivity index (χ4v) is 3.16. The van der Waals surface area contributed by atoms with Gasteiger partial charge in [0.25, 0.3) is 0 Å². The van der Waals surface area contributed by atoms with Crippen LogP contribution in [-0.4, -0.2) is 22.7 Å². The second kappa shape index (κ2) is 6.58. The maximum atomic E-state index is 5.89. The minimum absolute atomic E-state index is 0.358. The molecule has 1 aliphatic rings. The third kappa shape index (κ3) is 3.44. The molecule has 112 valence electrons. The lowest BCUT2D eigenvalue weighted by molar-refractivity contribution is 0.329. The molecule has 1 N–H and O–H groups in total. The summed E-state index contributed by atoms with van der Waals surface area (Å²) in [5.74, 6) is 1.88. The molecule has 1 aliphatic carbocycles. The number of hydrogen-bond acceptors (Lipinski definition) is 4. The van der Waals surface area contributed by atoms with E-state index >= 15 is 0 Å². The molecule has 0 radical (unpaired) electrons. The SMILES string of the molecule is CCNC1CCCC1c1nc(Cc2ccc(Cl)cc2)no1. The second-order valence-corrected chi connectivity index (χ2v) is 5.99. The Hall–Kier alpha value is -1.39. The van der Waals surface area contributed by atoms with E-state index in [1.165, 1.54) is 12.8 Å². The van der Waals surface area contributed by atoms with Crippen LogP contribution in [0.5, 0.6) is 0 Å². The Morgan fingerprint density at radius 2 is 2.10 bits per heavy atom. The van der Waals surface area contributed by atoms with Gasteiger partial charge in [-0.15, -0.1) is 0 Å². The topological polar surface area (TPSA) is 51.0 Å². The average molecular weight is 306 g/mol. The van der Waals surface area contributed by atoms with Crippen LogP contribution in [0.4, 0.5) is 0 Å². The smallest absolute Gasteiger partial charge is 0.231 e. The molecule has 1 fully saturated rings. The molecule has 0 saturated heterocycles. The molecule has 1 aromatic heterocycles. The molecule has 0 bridgehead atoms. The van der Waals surface area contributed by atoms with Crippen molar-refractivity contribution < 1.29 is 4.52 Å². The normalized spacial score (nSPS) is 21.8. The maximum Gasteiger partial charge on any atom is 0.231 e. The monoisotopic (exact) mass is 305 g/mol. The molecule has 2 atom stereocenters. The predicted octanol–water partition coefficient (Wildman–Crippen LogP) is 3.56. The summed E-state index contributed by atoms with van der Waals surface area (Å²) < 4.78 is 5.49. The van der Waals surface area contributed by atoms with Crippen molar-refractivity contribution >= 4 is 11.6 Å². The summed E-state index contributed by atoms with van der Waals surface area (Å²) in [6.07, 6.45) is 4.21. The number of nitrogens with one attached hydrogen (secondary N) is 1. The van der Waals surface area contributed by atoms with Crippen molar-refractivity contribution in [3.8, 4) is 0 Å². The van der Waals surface area contributed by atoms with Gasteiger partial charge in [0.05, 0.1) is 5.92 Å². The number of rotatable bonds is 5. The van der Waals surface area contributed by atoms with Gasteiger partial charge in [0.1, 0.15) is 0 Å². The Morgan fingerprint density at radius 1 is 1.29 bits per heavy atom. The van der Waals surface area contributed by atoms with Crippen molar-refractivity contribution in [3.63, 3.8) is 0 Å². The largest absolute Gasteiger partial charge is 0.339 e. The summed E-state index contributed by atoms with van der Waals surface area (Å²) in [4.78, 5) is 4.59. The fourth-order valence-electron chi connectivity index (χ4n) is 3.04. The zero-order valence-electron chi connectivity index (χ0n) is 12.2. The summed E-state index contributed by atoms with van der Waals surface area (Å²) in [6.45, 7) is 3.11. The third-order valence-electron chi connectivity index (χ3n) is 4.06.